The summed E-state index contributed by atoms with van der Waals surface area (Å²) in [6, 6.07) is -1.29. The van der Waals surface area contributed by atoms with E-state index < -0.39 is 30.6 Å². The summed E-state index contributed by atoms with van der Waals surface area (Å²) in [4.78, 5) is 21.9. The number of carbonyl (C=O) groups excluding carboxylic acids is 1. The highest BCUT2D eigenvalue weighted by Crippen LogP contribution is 2.24. The van der Waals surface area contributed by atoms with Gasteiger partial charge in [0.15, 0.2) is 0 Å². The van der Waals surface area contributed by atoms with Crippen LogP contribution in [0.3, 0.4) is 0 Å². The predicted molar refractivity (Wildman–Crippen MR) is 56.0 cm³/mol. The van der Waals surface area contributed by atoms with E-state index in [1.165, 1.54) is 0 Å². The minimum atomic E-state index is -4.45. The van der Waals surface area contributed by atoms with Crippen molar-refractivity contribution in [2.75, 3.05) is 6.54 Å². The number of carboxylic acids is 1. The van der Waals surface area contributed by atoms with Gasteiger partial charge in [-0.25, -0.2) is 4.79 Å². The molecule has 8 heteroatoms. The number of carbonyl (C=O) groups is 2. The topological polar surface area (TPSA) is 78.4 Å². The fraction of sp³-hybridized carbons (Fsp3) is 0.800. The first-order chi connectivity index (χ1) is 8.28. The van der Waals surface area contributed by atoms with Crippen LogP contribution >= 0.6 is 0 Å². The molecule has 1 aliphatic rings. The molecule has 104 valence electrons. The van der Waals surface area contributed by atoms with E-state index >= 15 is 0 Å². The van der Waals surface area contributed by atoms with E-state index in [1.807, 2.05) is 0 Å². The van der Waals surface area contributed by atoms with Gasteiger partial charge in [0.2, 0.25) is 0 Å². The maximum atomic E-state index is 11.8. The summed E-state index contributed by atoms with van der Waals surface area (Å²) < 4.78 is 35.5. The summed E-state index contributed by atoms with van der Waals surface area (Å²) >= 11 is 0. The lowest BCUT2D eigenvalue weighted by atomic mass is 9.86. The third kappa shape index (κ3) is 5.24. The zero-order chi connectivity index (χ0) is 13.8. The summed E-state index contributed by atoms with van der Waals surface area (Å²) in [5, 5.41) is 12.9. The Kier molecular flexibility index (Phi) is 4.80. The Morgan fingerprint density at radius 3 is 2.50 bits per heavy atom. The van der Waals surface area contributed by atoms with Gasteiger partial charge < -0.3 is 15.7 Å². The van der Waals surface area contributed by atoms with Gasteiger partial charge in [0.1, 0.15) is 6.54 Å². The van der Waals surface area contributed by atoms with Crippen molar-refractivity contribution >= 4 is 12.0 Å². The van der Waals surface area contributed by atoms with Gasteiger partial charge in [0.25, 0.3) is 0 Å². The number of hydrogen-bond acceptors (Lipinski definition) is 2. The van der Waals surface area contributed by atoms with Crippen LogP contribution in [0.15, 0.2) is 0 Å². The number of rotatable bonds is 3. The third-order valence-corrected chi connectivity index (χ3v) is 2.81. The molecule has 1 rings (SSSR count). The van der Waals surface area contributed by atoms with E-state index in [1.54, 1.807) is 5.32 Å². The quantitative estimate of drug-likeness (QED) is 0.725. The van der Waals surface area contributed by atoms with E-state index in [4.69, 9.17) is 5.11 Å². The van der Waals surface area contributed by atoms with Gasteiger partial charge in [-0.05, 0) is 19.3 Å². The summed E-state index contributed by atoms with van der Waals surface area (Å²) in [5.41, 5.74) is 0. The van der Waals surface area contributed by atoms with Crippen molar-refractivity contribution in [2.24, 2.45) is 5.92 Å². The van der Waals surface area contributed by atoms with Crippen molar-refractivity contribution in [1.29, 1.82) is 0 Å². The molecule has 0 spiro atoms. The molecule has 0 aromatic carbocycles. The number of aliphatic carboxylic acids is 1. The molecule has 1 aliphatic carbocycles. The van der Waals surface area contributed by atoms with Crippen molar-refractivity contribution in [2.45, 2.75) is 37.9 Å². The number of urea groups is 1. The standard InChI is InChI=1S/C10H15F3N2O3/c11-10(12,13)5-14-9(18)15-7-3-1-2-6(4-7)8(16)17/h6-7H,1-5H2,(H,16,17)(H2,14,15,18). The highest BCUT2D eigenvalue weighted by atomic mass is 19.4. The van der Waals surface area contributed by atoms with E-state index in [2.05, 4.69) is 5.32 Å². The first-order valence-electron chi connectivity index (χ1n) is 5.62. The Labute approximate surface area is 102 Å². The van der Waals surface area contributed by atoms with Gasteiger partial charge >= 0.3 is 18.2 Å². The molecular weight excluding hydrogens is 253 g/mol. The first kappa shape index (κ1) is 14.6. The molecular formula is C10H15F3N2O3. The smallest absolute Gasteiger partial charge is 0.405 e. The normalized spacial score (nSPS) is 24.4. The summed E-state index contributed by atoms with van der Waals surface area (Å²) in [6.45, 7) is -1.39. The maximum Gasteiger partial charge on any atom is 0.405 e. The minimum Gasteiger partial charge on any atom is -0.481 e. The molecule has 0 aromatic heterocycles. The fourth-order valence-corrected chi connectivity index (χ4v) is 1.96. The lowest BCUT2D eigenvalue weighted by molar-refractivity contribution is -0.143. The van der Waals surface area contributed by atoms with Crippen LogP contribution < -0.4 is 10.6 Å². The van der Waals surface area contributed by atoms with Crippen LogP contribution in [0, 0.1) is 5.92 Å². The van der Waals surface area contributed by atoms with Crippen molar-refractivity contribution in [3.05, 3.63) is 0 Å². The largest absolute Gasteiger partial charge is 0.481 e. The number of nitrogens with one attached hydrogen (secondary N) is 2. The van der Waals surface area contributed by atoms with Gasteiger partial charge in [-0.15, -0.1) is 0 Å². The molecule has 18 heavy (non-hydrogen) atoms. The Morgan fingerprint density at radius 2 is 1.94 bits per heavy atom. The van der Waals surface area contributed by atoms with Gasteiger partial charge in [0.05, 0.1) is 5.92 Å². The van der Waals surface area contributed by atoms with Crippen LogP contribution in [0.5, 0.6) is 0 Å². The third-order valence-electron chi connectivity index (χ3n) is 2.81. The van der Waals surface area contributed by atoms with Gasteiger partial charge in [-0.1, -0.05) is 6.42 Å². The molecule has 2 unspecified atom stereocenters. The molecule has 0 bridgehead atoms. The molecule has 0 aromatic rings. The number of hydrogen-bond donors (Lipinski definition) is 3. The second-order valence-corrected chi connectivity index (χ2v) is 4.34. The number of carboxylic acid groups (broad SMARTS) is 1. The average molecular weight is 268 g/mol. The first-order valence-corrected chi connectivity index (χ1v) is 5.62. The molecule has 2 amide bonds. The van der Waals surface area contributed by atoms with E-state index in [0.717, 1.165) is 0 Å². The van der Waals surface area contributed by atoms with Gasteiger partial charge in [-0.3, -0.25) is 4.79 Å². The van der Waals surface area contributed by atoms with Crippen molar-refractivity contribution in [3.8, 4) is 0 Å². The molecule has 0 radical (unpaired) electrons. The number of halogens is 3. The van der Waals surface area contributed by atoms with E-state index in [9.17, 15) is 22.8 Å². The minimum absolute atomic E-state index is 0.259. The Hall–Kier alpha value is -1.47. The molecule has 0 aliphatic heterocycles. The molecule has 1 saturated carbocycles. The highest BCUT2D eigenvalue weighted by Gasteiger charge is 2.30. The van der Waals surface area contributed by atoms with Gasteiger partial charge in [-0.2, -0.15) is 13.2 Å². The van der Waals surface area contributed by atoms with Crippen LogP contribution in [0.2, 0.25) is 0 Å². The van der Waals surface area contributed by atoms with Gasteiger partial charge in [0, 0.05) is 6.04 Å². The van der Waals surface area contributed by atoms with Crippen molar-refractivity contribution < 1.29 is 27.9 Å². The SMILES string of the molecule is O=C(NCC(F)(F)F)NC1CCCC(C(=O)O)C1. The lowest BCUT2D eigenvalue weighted by Gasteiger charge is -2.27. The van der Waals surface area contributed by atoms with Crippen molar-refractivity contribution in [3.63, 3.8) is 0 Å². The molecule has 5 nitrogen and oxygen atoms in total. The molecule has 0 heterocycles. The van der Waals surface area contributed by atoms with Crippen LogP contribution in [0.4, 0.5) is 18.0 Å². The number of amides is 2. The van der Waals surface area contributed by atoms with E-state index in [0.29, 0.717) is 19.3 Å². The summed E-state index contributed by atoms with van der Waals surface area (Å²) in [5.74, 6) is -1.47. The molecule has 1 fully saturated rings. The molecule has 2 atom stereocenters. The zero-order valence-corrected chi connectivity index (χ0v) is 9.59. The molecule has 3 N–H and O–H groups in total. The van der Waals surface area contributed by atoms with E-state index in [-0.39, 0.29) is 12.5 Å². The Balaban J connectivity index is 2.33. The van der Waals surface area contributed by atoms with Crippen LogP contribution in [-0.2, 0) is 4.79 Å². The second kappa shape index (κ2) is 5.92. The number of alkyl halides is 3. The summed E-state index contributed by atoms with van der Waals surface area (Å²) in [7, 11) is 0. The van der Waals surface area contributed by atoms with Crippen molar-refractivity contribution in [1.82, 2.24) is 10.6 Å². The van der Waals surface area contributed by atoms with Crippen LogP contribution in [-0.4, -0.2) is 35.9 Å². The average Bonchev–Trinajstić information content (AvgIpc) is 2.26. The lowest BCUT2D eigenvalue weighted by Crippen LogP contribution is -2.47. The second-order valence-electron chi connectivity index (χ2n) is 4.34. The Bertz CT molecular complexity index is 320. The summed E-state index contributed by atoms with van der Waals surface area (Å²) in [6.07, 6.45) is -2.43. The maximum absolute atomic E-state index is 11.8. The monoisotopic (exact) mass is 268 g/mol. The highest BCUT2D eigenvalue weighted by molar-refractivity contribution is 5.74. The zero-order valence-electron chi connectivity index (χ0n) is 9.59. The van der Waals surface area contributed by atoms with Crippen LogP contribution in [0.25, 0.3) is 0 Å². The van der Waals surface area contributed by atoms with Crippen LogP contribution in [0.1, 0.15) is 25.7 Å². The molecule has 0 saturated heterocycles. The fourth-order valence-electron chi connectivity index (χ4n) is 1.96. The Morgan fingerprint density at radius 1 is 1.28 bits per heavy atom. The predicted octanol–water partition coefficient (Wildman–Crippen LogP) is 1.49.